The number of ether oxygens (including phenoxy) is 2. The van der Waals surface area contributed by atoms with E-state index in [1.165, 1.54) is 25.1 Å². The molecule has 1 atom stereocenters. The van der Waals surface area contributed by atoms with Gasteiger partial charge in [-0.15, -0.1) is 0 Å². The molecule has 1 aromatic carbocycles. The molecule has 4 heteroatoms. The summed E-state index contributed by atoms with van der Waals surface area (Å²) in [5.74, 6) is 2.48. The number of anilines is 1. The lowest BCUT2D eigenvalue weighted by atomic mass is 9.99. The summed E-state index contributed by atoms with van der Waals surface area (Å²) in [6.45, 7) is 4.69. The Morgan fingerprint density at radius 1 is 1.26 bits per heavy atom. The molecule has 1 unspecified atom stereocenters. The highest BCUT2D eigenvalue weighted by Crippen LogP contribution is 2.33. The molecule has 2 aliphatic rings. The fraction of sp³-hybridized carbons (Fsp3) is 0.600. The zero-order chi connectivity index (χ0) is 13.1. The van der Waals surface area contributed by atoms with Crippen LogP contribution in [0.25, 0.3) is 0 Å². The van der Waals surface area contributed by atoms with Crippen molar-refractivity contribution in [3.63, 3.8) is 0 Å². The number of hydrogen-bond acceptors (Lipinski definition) is 4. The van der Waals surface area contributed by atoms with Gasteiger partial charge >= 0.3 is 0 Å². The number of rotatable bonds is 3. The molecule has 0 bridgehead atoms. The van der Waals surface area contributed by atoms with E-state index in [1.807, 2.05) is 6.07 Å². The number of piperidine rings is 1. The van der Waals surface area contributed by atoms with E-state index < -0.39 is 0 Å². The molecule has 1 fully saturated rings. The molecule has 1 aromatic rings. The number of nitrogens with one attached hydrogen (secondary N) is 1. The van der Waals surface area contributed by atoms with Crippen molar-refractivity contribution in [2.45, 2.75) is 12.8 Å². The first-order valence-corrected chi connectivity index (χ1v) is 7.14. The minimum absolute atomic E-state index is 0.646. The topological polar surface area (TPSA) is 33.7 Å². The van der Waals surface area contributed by atoms with Crippen molar-refractivity contribution in [2.75, 3.05) is 44.8 Å². The lowest BCUT2D eigenvalue weighted by molar-refractivity contribution is 0.171. The van der Waals surface area contributed by atoms with Gasteiger partial charge in [-0.1, -0.05) is 0 Å². The van der Waals surface area contributed by atoms with Crippen LogP contribution in [0.3, 0.4) is 0 Å². The monoisotopic (exact) mass is 262 g/mol. The van der Waals surface area contributed by atoms with Gasteiger partial charge in [0.05, 0.1) is 0 Å². The van der Waals surface area contributed by atoms with Gasteiger partial charge in [-0.2, -0.15) is 0 Å². The third kappa shape index (κ3) is 2.95. The minimum atomic E-state index is 0.646. The van der Waals surface area contributed by atoms with Crippen LogP contribution in [0.5, 0.6) is 11.5 Å². The van der Waals surface area contributed by atoms with E-state index in [0.29, 0.717) is 13.2 Å². The van der Waals surface area contributed by atoms with Crippen molar-refractivity contribution < 1.29 is 9.47 Å². The quantitative estimate of drug-likeness (QED) is 0.902. The fourth-order valence-electron chi connectivity index (χ4n) is 2.84. The summed E-state index contributed by atoms with van der Waals surface area (Å²) in [4.78, 5) is 2.32. The molecule has 4 nitrogen and oxygen atoms in total. The van der Waals surface area contributed by atoms with Crippen molar-refractivity contribution in [1.29, 1.82) is 0 Å². The van der Waals surface area contributed by atoms with Crippen molar-refractivity contribution >= 4 is 5.69 Å². The highest BCUT2D eigenvalue weighted by Gasteiger charge is 2.17. The Labute approximate surface area is 114 Å². The van der Waals surface area contributed by atoms with Crippen LogP contribution < -0.4 is 19.7 Å². The van der Waals surface area contributed by atoms with Crippen LogP contribution in [0.2, 0.25) is 0 Å². The summed E-state index contributed by atoms with van der Waals surface area (Å²) in [7, 11) is 2.15. The van der Waals surface area contributed by atoms with E-state index >= 15 is 0 Å². The van der Waals surface area contributed by atoms with Crippen molar-refractivity contribution in [3.05, 3.63) is 18.2 Å². The summed E-state index contributed by atoms with van der Waals surface area (Å²) in [6, 6.07) is 6.22. The van der Waals surface area contributed by atoms with E-state index in [9.17, 15) is 0 Å². The summed E-state index contributed by atoms with van der Waals surface area (Å²) in [5.41, 5.74) is 1.20. The molecule has 19 heavy (non-hydrogen) atoms. The van der Waals surface area contributed by atoms with Crippen LogP contribution in [0, 0.1) is 5.92 Å². The van der Waals surface area contributed by atoms with E-state index in [-0.39, 0.29) is 0 Å². The smallest absolute Gasteiger partial charge is 0.163 e. The predicted molar refractivity (Wildman–Crippen MR) is 76.3 cm³/mol. The molecular formula is C15H22N2O2. The van der Waals surface area contributed by atoms with Crippen molar-refractivity contribution in [2.24, 2.45) is 5.92 Å². The molecule has 0 spiro atoms. The first kappa shape index (κ1) is 12.6. The second-order valence-electron chi connectivity index (χ2n) is 5.42. The average Bonchev–Trinajstić information content (AvgIpc) is 2.48. The highest BCUT2D eigenvalue weighted by atomic mass is 16.6. The van der Waals surface area contributed by atoms with Crippen LogP contribution in [0.15, 0.2) is 18.2 Å². The zero-order valence-corrected chi connectivity index (χ0v) is 11.5. The maximum absolute atomic E-state index is 5.64. The van der Waals surface area contributed by atoms with Crippen LogP contribution in [0.1, 0.15) is 12.8 Å². The second kappa shape index (κ2) is 5.70. The van der Waals surface area contributed by atoms with Crippen LogP contribution >= 0.6 is 0 Å². The predicted octanol–water partition coefficient (Wildman–Crippen LogP) is 1.89. The lowest BCUT2D eigenvalue weighted by Crippen LogP contribution is -2.36. The average molecular weight is 262 g/mol. The normalized spacial score (nSPS) is 22.1. The molecule has 0 aliphatic carbocycles. The van der Waals surface area contributed by atoms with E-state index in [0.717, 1.165) is 30.5 Å². The maximum Gasteiger partial charge on any atom is 0.163 e. The molecular weight excluding hydrogens is 240 g/mol. The van der Waals surface area contributed by atoms with Crippen LogP contribution in [0.4, 0.5) is 5.69 Å². The van der Waals surface area contributed by atoms with Gasteiger partial charge in [-0.05, 0) is 44.0 Å². The first-order chi connectivity index (χ1) is 9.33. The van der Waals surface area contributed by atoms with Gasteiger partial charge in [0, 0.05) is 25.3 Å². The Morgan fingerprint density at radius 3 is 2.89 bits per heavy atom. The van der Waals surface area contributed by atoms with E-state index in [1.54, 1.807) is 0 Å². The van der Waals surface area contributed by atoms with Gasteiger partial charge in [0.2, 0.25) is 0 Å². The molecule has 3 rings (SSSR count). The standard InChI is InChI=1S/C15H22N2O2/c1-17(11-12-3-2-6-16-10-12)13-4-5-14-15(9-13)19-8-7-18-14/h4-5,9,12,16H,2-3,6-8,10-11H2,1H3. The molecule has 0 aromatic heterocycles. The SMILES string of the molecule is CN(CC1CCCNC1)c1ccc2c(c1)OCCO2. The summed E-state index contributed by atoms with van der Waals surface area (Å²) >= 11 is 0. The fourth-order valence-corrected chi connectivity index (χ4v) is 2.84. The Morgan fingerprint density at radius 2 is 2.11 bits per heavy atom. The highest BCUT2D eigenvalue weighted by molar-refractivity contribution is 5.56. The first-order valence-electron chi connectivity index (χ1n) is 7.14. The molecule has 1 N–H and O–H groups in total. The van der Waals surface area contributed by atoms with Crippen LogP contribution in [-0.2, 0) is 0 Å². The number of fused-ring (bicyclic) bond motifs is 1. The Bertz CT molecular complexity index is 430. The second-order valence-corrected chi connectivity index (χ2v) is 5.42. The molecule has 0 saturated carbocycles. The summed E-state index contributed by atoms with van der Waals surface area (Å²) < 4.78 is 11.2. The largest absolute Gasteiger partial charge is 0.486 e. The lowest BCUT2D eigenvalue weighted by Gasteiger charge is -2.29. The minimum Gasteiger partial charge on any atom is -0.486 e. The van der Waals surface area contributed by atoms with Gasteiger partial charge < -0.3 is 19.7 Å². The zero-order valence-electron chi connectivity index (χ0n) is 11.5. The van der Waals surface area contributed by atoms with Crippen LogP contribution in [-0.4, -0.2) is 39.9 Å². The Balaban J connectivity index is 1.67. The number of benzene rings is 1. The van der Waals surface area contributed by atoms with Gasteiger partial charge in [-0.3, -0.25) is 0 Å². The summed E-state index contributed by atoms with van der Waals surface area (Å²) in [5, 5.41) is 3.47. The summed E-state index contributed by atoms with van der Waals surface area (Å²) in [6.07, 6.45) is 2.61. The van der Waals surface area contributed by atoms with Gasteiger partial charge in [0.1, 0.15) is 13.2 Å². The third-order valence-corrected chi connectivity index (χ3v) is 3.90. The Hall–Kier alpha value is -1.42. The van der Waals surface area contributed by atoms with Gasteiger partial charge in [0.25, 0.3) is 0 Å². The van der Waals surface area contributed by atoms with Gasteiger partial charge in [-0.25, -0.2) is 0 Å². The molecule has 2 heterocycles. The molecule has 104 valence electrons. The molecule has 0 amide bonds. The maximum atomic E-state index is 5.64. The van der Waals surface area contributed by atoms with Gasteiger partial charge in [0.15, 0.2) is 11.5 Å². The third-order valence-electron chi connectivity index (χ3n) is 3.90. The Kier molecular flexibility index (Phi) is 3.78. The van der Waals surface area contributed by atoms with E-state index in [2.05, 4.69) is 29.4 Å². The van der Waals surface area contributed by atoms with Crippen molar-refractivity contribution in [3.8, 4) is 11.5 Å². The molecule has 2 aliphatic heterocycles. The number of nitrogens with zero attached hydrogens (tertiary/aromatic N) is 1. The number of hydrogen-bond donors (Lipinski definition) is 1. The molecule has 0 radical (unpaired) electrons. The van der Waals surface area contributed by atoms with Crippen molar-refractivity contribution in [1.82, 2.24) is 5.32 Å². The molecule has 1 saturated heterocycles. The van der Waals surface area contributed by atoms with E-state index in [4.69, 9.17) is 9.47 Å².